The number of carbonyl (C=O) groups is 5. The summed E-state index contributed by atoms with van der Waals surface area (Å²) in [5.41, 5.74) is 6.16. The Morgan fingerprint density at radius 2 is 1.56 bits per heavy atom. The van der Waals surface area contributed by atoms with Gasteiger partial charge in [0.25, 0.3) is 17.7 Å². The summed E-state index contributed by atoms with van der Waals surface area (Å²) in [6, 6.07) is 16.9. The number of rotatable bonds is 5. The first-order chi connectivity index (χ1) is 26.0. The largest absolute Gasteiger partial charge is 0.371 e. The van der Waals surface area contributed by atoms with Crippen LogP contribution in [0.2, 0.25) is 5.02 Å². The van der Waals surface area contributed by atoms with Crippen molar-refractivity contribution in [1.29, 1.82) is 0 Å². The predicted molar refractivity (Wildman–Crippen MR) is 202 cm³/mol. The Kier molecular flexibility index (Phi) is 8.28. The number of benzene rings is 3. The number of nitrogens with zero attached hydrogens (tertiary/aromatic N) is 6. The van der Waals surface area contributed by atoms with Crippen LogP contribution in [-0.4, -0.2) is 95.1 Å². The van der Waals surface area contributed by atoms with E-state index in [-0.39, 0.29) is 30.2 Å². The van der Waals surface area contributed by atoms with E-state index in [1.165, 1.54) is 0 Å². The van der Waals surface area contributed by atoms with E-state index >= 15 is 0 Å². The average molecular weight is 746 g/mol. The SMILES string of the molecule is [C-]#[N+]c1ccc(N2CC3(CCN(c4ccc(C(=O)N5CC(N6Cc7cc8c(cc7C6)C(=O)N(C6CCC(=O)NC6=O)C8=O)C5)cc4)CC3)C[C@@H]2C)cc1Cl. The smallest absolute Gasteiger partial charge is 0.262 e. The summed E-state index contributed by atoms with van der Waals surface area (Å²) in [5.74, 6) is -1.99. The van der Waals surface area contributed by atoms with E-state index in [0.717, 1.165) is 66.3 Å². The van der Waals surface area contributed by atoms with Crippen LogP contribution >= 0.6 is 11.6 Å². The van der Waals surface area contributed by atoms with Gasteiger partial charge in [-0.2, -0.15) is 0 Å². The van der Waals surface area contributed by atoms with Gasteiger partial charge in [0, 0.05) is 86.3 Å². The van der Waals surface area contributed by atoms with Crippen LogP contribution in [0.25, 0.3) is 4.85 Å². The third kappa shape index (κ3) is 5.72. The first kappa shape index (κ1) is 34.5. The molecule has 0 aliphatic carbocycles. The maximum absolute atomic E-state index is 13.4. The highest BCUT2D eigenvalue weighted by Crippen LogP contribution is 2.46. The van der Waals surface area contributed by atoms with Gasteiger partial charge >= 0.3 is 0 Å². The first-order valence-electron chi connectivity index (χ1n) is 18.7. The van der Waals surface area contributed by atoms with Crippen LogP contribution in [0.1, 0.15) is 81.2 Å². The Labute approximate surface area is 318 Å². The molecule has 3 aromatic rings. The van der Waals surface area contributed by atoms with Crippen molar-refractivity contribution in [3.63, 3.8) is 0 Å². The molecule has 13 heteroatoms. The third-order valence-electron chi connectivity index (χ3n) is 12.6. The molecule has 1 N–H and O–H groups in total. The standard InChI is InChI=1S/C41H40ClN7O5/c1-24-18-41(23-48(24)29-7-8-34(43-2)33(42)17-29)11-13-45(14-12-41)28-5-3-25(4-6-28)38(52)47-21-30(22-47)46-19-26-15-31-32(16-27(26)20-46)40(54)49(39(31)53)35-9-10-36(50)44-37(35)51/h3-8,15-17,24,30,35H,9-14,18-23H2,1H3,(H,44,50,51)/t24-,35?/m0/s1. The molecule has 0 aromatic heterocycles. The molecule has 54 heavy (non-hydrogen) atoms. The molecule has 6 aliphatic heterocycles. The highest BCUT2D eigenvalue weighted by atomic mass is 35.5. The normalized spacial score (nSPS) is 23.8. The van der Waals surface area contributed by atoms with Gasteiger partial charge in [-0.25, -0.2) is 4.85 Å². The van der Waals surface area contributed by atoms with E-state index in [4.69, 9.17) is 18.2 Å². The number of imide groups is 2. The summed E-state index contributed by atoms with van der Waals surface area (Å²) in [6.07, 6.45) is 3.52. The summed E-state index contributed by atoms with van der Waals surface area (Å²) in [7, 11) is 0. The average Bonchev–Trinajstić information content (AvgIpc) is 3.77. The second-order valence-electron chi connectivity index (χ2n) is 15.8. The lowest BCUT2D eigenvalue weighted by Crippen LogP contribution is -2.59. The predicted octanol–water partition coefficient (Wildman–Crippen LogP) is 5.02. The Morgan fingerprint density at radius 1 is 0.907 bits per heavy atom. The third-order valence-corrected chi connectivity index (χ3v) is 12.9. The van der Waals surface area contributed by atoms with Crippen LogP contribution in [0.15, 0.2) is 54.6 Å². The zero-order valence-corrected chi connectivity index (χ0v) is 30.8. The fraction of sp³-hybridized carbons (Fsp3) is 0.415. The summed E-state index contributed by atoms with van der Waals surface area (Å²) < 4.78 is 0. The number of hydrogen-bond acceptors (Lipinski definition) is 8. The first-order valence-corrected chi connectivity index (χ1v) is 19.1. The molecule has 0 bridgehead atoms. The minimum atomic E-state index is -0.981. The molecule has 4 saturated heterocycles. The molecule has 276 valence electrons. The second kappa shape index (κ2) is 13.0. The number of hydrogen-bond donors (Lipinski definition) is 1. The van der Waals surface area contributed by atoms with Crippen LogP contribution in [-0.2, 0) is 22.7 Å². The number of likely N-dealkylation sites (tertiary alicyclic amines) is 1. The van der Waals surface area contributed by atoms with Crippen LogP contribution in [0.5, 0.6) is 0 Å². The molecule has 3 aromatic carbocycles. The molecular weight excluding hydrogens is 706 g/mol. The Hall–Kier alpha value is -5.25. The molecule has 6 heterocycles. The fourth-order valence-electron chi connectivity index (χ4n) is 9.53. The van der Waals surface area contributed by atoms with Crippen molar-refractivity contribution in [2.45, 2.75) is 70.2 Å². The summed E-state index contributed by atoms with van der Waals surface area (Å²) in [4.78, 5) is 77.6. The van der Waals surface area contributed by atoms with Gasteiger partial charge in [0.05, 0.1) is 17.7 Å². The van der Waals surface area contributed by atoms with Crippen molar-refractivity contribution >= 4 is 58.2 Å². The number of carbonyl (C=O) groups excluding carboxylic acids is 5. The van der Waals surface area contributed by atoms with Crippen molar-refractivity contribution in [1.82, 2.24) is 20.0 Å². The van der Waals surface area contributed by atoms with Gasteiger partial charge < -0.3 is 14.7 Å². The van der Waals surface area contributed by atoms with Crippen molar-refractivity contribution in [2.24, 2.45) is 5.41 Å². The quantitative estimate of drug-likeness (QED) is 0.286. The van der Waals surface area contributed by atoms with Gasteiger partial charge in [0.2, 0.25) is 17.5 Å². The molecule has 0 radical (unpaired) electrons. The maximum Gasteiger partial charge on any atom is 0.262 e. The number of nitrogens with one attached hydrogen (secondary N) is 1. The number of anilines is 2. The van der Waals surface area contributed by atoms with E-state index in [9.17, 15) is 24.0 Å². The highest BCUT2D eigenvalue weighted by molar-refractivity contribution is 6.33. The van der Waals surface area contributed by atoms with E-state index in [1.807, 2.05) is 35.2 Å². The van der Waals surface area contributed by atoms with Crippen LogP contribution < -0.4 is 15.1 Å². The molecule has 6 aliphatic rings. The molecule has 2 atom stereocenters. The van der Waals surface area contributed by atoms with Gasteiger partial charge in [-0.15, -0.1) is 0 Å². The van der Waals surface area contributed by atoms with Gasteiger partial charge in [-0.05, 0) is 97.7 Å². The van der Waals surface area contributed by atoms with Crippen molar-refractivity contribution in [2.75, 3.05) is 42.5 Å². The Balaban J connectivity index is 0.772. The van der Waals surface area contributed by atoms with Crippen molar-refractivity contribution in [3.05, 3.63) is 98.9 Å². The van der Waals surface area contributed by atoms with Crippen molar-refractivity contribution in [3.8, 4) is 0 Å². The number of piperidine rings is 2. The minimum Gasteiger partial charge on any atom is -0.371 e. The fourth-order valence-corrected chi connectivity index (χ4v) is 9.75. The number of halogens is 1. The lowest BCUT2D eigenvalue weighted by atomic mass is 9.76. The van der Waals surface area contributed by atoms with Crippen LogP contribution in [0.3, 0.4) is 0 Å². The molecule has 0 saturated carbocycles. The van der Waals surface area contributed by atoms with Gasteiger partial charge in [0.1, 0.15) is 6.04 Å². The Morgan fingerprint density at radius 3 is 2.17 bits per heavy atom. The van der Waals surface area contributed by atoms with Crippen LogP contribution in [0.4, 0.5) is 17.1 Å². The summed E-state index contributed by atoms with van der Waals surface area (Å²) in [5, 5.41) is 2.74. The number of fused-ring (bicyclic) bond motifs is 2. The molecule has 1 spiro atoms. The van der Waals surface area contributed by atoms with E-state index < -0.39 is 29.7 Å². The summed E-state index contributed by atoms with van der Waals surface area (Å²) >= 11 is 6.37. The van der Waals surface area contributed by atoms with E-state index in [0.29, 0.717) is 59.6 Å². The summed E-state index contributed by atoms with van der Waals surface area (Å²) in [6.45, 7) is 14.9. The van der Waals surface area contributed by atoms with E-state index in [1.54, 1.807) is 12.1 Å². The lowest BCUT2D eigenvalue weighted by molar-refractivity contribution is -0.136. The maximum atomic E-state index is 13.4. The van der Waals surface area contributed by atoms with E-state index in [2.05, 4.69) is 43.9 Å². The zero-order chi connectivity index (χ0) is 37.5. The molecule has 9 rings (SSSR count). The molecule has 12 nitrogen and oxygen atoms in total. The Bertz CT molecular complexity index is 2120. The molecule has 4 fully saturated rings. The van der Waals surface area contributed by atoms with Gasteiger partial charge in [0.15, 0.2) is 0 Å². The van der Waals surface area contributed by atoms with Gasteiger partial charge in [-0.3, -0.25) is 39.1 Å². The van der Waals surface area contributed by atoms with Crippen LogP contribution in [0, 0.1) is 12.0 Å². The molecule has 5 amide bonds. The molecular formula is C41H40ClN7O5. The second-order valence-corrected chi connectivity index (χ2v) is 16.3. The zero-order valence-electron chi connectivity index (χ0n) is 30.0. The van der Waals surface area contributed by atoms with Crippen molar-refractivity contribution < 1.29 is 24.0 Å². The topological polar surface area (TPSA) is 118 Å². The monoisotopic (exact) mass is 745 g/mol. The number of amides is 5. The van der Waals surface area contributed by atoms with Gasteiger partial charge in [-0.1, -0.05) is 17.7 Å². The highest BCUT2D eigenvalue weighted by Gasteiger charge is 2.47. The molecule has 1 unspecified atom stereocenters. The lowest BCUT2D eigenvalue weighted by Gasteiger charge is -2.44. The minimum absolute atomic E-state index is 0.0142.